The van der Waals surface area contributed by atoms with Gasteiger partial charge in [-0.1, -0.05) is 127 Å². The maximum absolute atomic E-state index is 6.48. The predicted molar refractivity (Wildman–Crippen MR) is 199 cm³/mol. The van der Waals surface area contributed by atoms with Crippen molar-refractivity contribution in [1.29, 1.82) is 0 Å². The van der Waals surface area contributed by atoms with Gasteiger partial charge in [-0.15, -0.1) is 0 Å². The van der Waals surface area contributed by atoms with Gasteiger partial charge in [0.2, 0.25) is 5.89 Å². The van der Waals surface area contributed by atoms with Crippen molar-refractivity contribution in [3.63, 3.8) is 0 Å². The van der Waals surface area contributed by atoms with E-state index in [1.165, 1.54) is 0 Å². The van der Waals surface area contributed by atoms with Crippen LogP contribution in [0.1, 0.15) is 0 Å². The first-order chi connectivity index (χ1) is 24.7. The van der Waals surface area contributed by atoms with E-state index in [9.17, 15) is 0 Å². The molecule has 6 nitrogen and oxygen atoms in total. The van der Waals surface area contributed by atoms with Crippen molar-refractivity contribution in [3.8, 4) is 56.7 Å². The van der Waals surface area contributed by atoms with Crippen LogP contribution in [0.15, 0.2) is 167 Å². The van der Waals surface area contributed by atoms with Gasteiger partial charge in [0.1, 0.15) is 16.7 Å². The molecule has 10 aromatic rings. The van der Waals surface area contributed by atoms with Crippen LogP contribution in [-0.2, 0) is 0 Å². The molecule has 0 aliphatic carbocycles. The number of hydrogen-bond acceptors (Lipinski definition) is 6. The van der Waals surface area contributed by atoms with Gasteiger partial charge in [0.05, 0.1) is 0 Å². The molecule has 3 aromatic heterocycles. The summed E-state index contributed by atoms with van der Waals surface area (Å²) in [6, 6.07) is 53.2. The second kappa shape index (κ2) is 11.4. The molecule has 234 valence electrons. The quantitative estimate of drug-likeness (QED) is 0.186. The Morgan fingerprint density at radius 1 is 0.340 bits per heavy atom. The molecule has 0 bridgehead atoms. The summed E-state index contributed by atoms with van der Waals surface area (Å²) in [4.78, 5) is 19.6. The van der Waals surface area contributed by atoms with Crippen molar-refractivity contribution in [1.82, 2.24) is 19.9 Å². The van der Waals surface area contributed by atoms with Gasteiger partial charge in [0.15, 0.2) is 23.1 Å². The minimum Gasteiger partial charge on any atom is -0.456 e. The van der Waals surface area contributed by atoms with Crippen LogP contribution in [0.2, 0.25) is 0 Å². The standard InChI is InChI=1S/C44H26N4O2/c1-3-11-28(12-4-1)41-46-42(29-13-5-2-6-14-29)48-43(47-41)30-21-19-27(20-22-30)32-23-31-15-7-8-16-33(31)36(24-32)44-45-37-26-39-35(25-40(37)50-44)34-17-9-10-18-38(34)49-39/h1-26H. The Hall–Kier alpha value is -6.92. The first-order valence-electron chi connectivity index (χ1n) is 16.5. The molecule has 50 heavy (non-hydrogen) atoms. The lowest BCUT2D eigenvalue weighted by atomic mass is 9.96. The van der Waals surface area contributed by atoms with Gasteiger partial charge < -0.3 is 8.83 Å². The van der Waals surface area contributed by atoms with Crippen molar-refractivity contribution >= 4 is 43.8 Å². The van der Waals surface area contributed by atoms with Gasteiger partial charge >= 0.3 is 0 Å². The third-order valence-electron chi connectivity index (χ3n) is 9.15. The van der Waals surface area contributed by atoms with Crippen molar-refractivity contribution in [2.24, 2.45) is 0 Å². The van der Waals surface area contributed by atoms with E-state index in [1.54, 1.807) is 0 Å². The molecule has 0 spiro atoms. The highest BCUT2D eigenvalue weighted by Gasteiger charge is 2.17. The lowest BCUT2D eigenvalue weighted by molar-refractivity contribution is 0.621. The summed E-state index contributed by atoms with van der Waals surface area (Å²) >= 11 is 0. The number of fused-ring (bicyclic) bond motifs is 5. The average molecular weight is 643 g/mol. The van der Waals surface area contributed by atoms with Crippen LogP contribution in [0.25, 0.3) is 101 Å². The maximum atomic E-state index is 6.48. The summed E-state index contributed by atoms with van der Waals surface area (Å²) in [5, 5.41) is 4.24. The van der Waals surface area contributed by atoms with Crippen molar-refractivity contribution in [2.75, 3.05) is 0 Å². The van der Waals surface area contributed by atoms with Gasteiger partial charge in [0, 0.05) is 39.1 Å². The van der Waals surface area contributed by atoms with Crippen molar-refractivity contribution in [2.45, 2.75) is 0 Å². The lowest BCUT2D eigenvalue weighted by Crippen LogP contribution is -2.00. The first kappa shape index (κ1) is 28.1. The average Bonchev–Trinajstić information content (AvgIpc) is 3.77. The first-order valence-corrected chi connectivity index (χ1v) is 16.5. The number of nitrogens with zero attached hydrogens (tertiary/aromatic N) is 4. The summed E-state index contributed by atoms with van der Waals surface area (Å²) < 4.78 is 12.6. The Morgan fingerprint density at radius 2 is 0.920 bits per heavy atom. The molecule has 0 saturated heterocycles. The van der Waals surface area contributed by atoms with Gasteiger partial charge in [-0.2, -0.15) is 0 Å². The molecule has 7 aromatic carbocycles. The fourth-order valence-electron chi connectivity index (χ4n) is 6.67. The summed E-state index contributed by atoms with van der Waals surface area (Å²) in [7, 11) is 0. The van der Waals surface area contributed by atoms with Gasteiger partial charge in [-0.3, -0.25) is 0 Å². The zero-order valence-electron chi connectivity index (χ0n) is 26.6. The fraction of sp³-hybridized carbons (Fsp3) is 0. The fourth-order valence-corrected chi connectivity index (χ4v) is 6.67. The normalized spacial score (nSPS) is 11.6. The third kappa shape index (κ3) is 4.81. The van der Waals surface area contributed by atoms with Crippen LogP contribution in [0.5, 0.6) is 0 Å². The van der Waals surface area contributed by atoms with Crippen LogP contribution in [0.3, 0.4) is 0 Å². The molecule has 0 N–H and O–H groups in total. The SMILES string of the molecule is c1ccc(-c2nc(-c3ccccc3)nc(-c3ccc(-c4cc(-c5nc6cc7oc8ccccc8c7cc6o5)c5ccccc5c4)cc3)n2)cc1. The van der Waals surface area contributed by atoms with Crippen molar-refractivity contribution < 1.29 is 8.83 Å². The number of oxazole rings is 1. The van der Waals surface area contributed by atoms with E-state index in [0.717, 1.165) is 77.2 Å². The number of rotatable bonds is 5. The molecule has 6 heteroatoms. The molecule has 10 rings (SSSR count). The van der Waals surface area contributed by atoms with E-state index in [-0.39, 0.29) is 0 Å². The van der Waals surface area contributed by atoms with Crippen LogP contribution >= 0.6 is 0 Å². The van der Waals surface area contributed by atoms with Gasteiger partial charge in [-0.05, 0) is 46.2 Å². The van der Waals surface area contributed by atoms with Crippen LogP contribution < -0.4 is 0 Å². The highest BCUT2D eigenvalue weighted by atomic mass is 16.4. The molecular formula is C44H26N4O2. The van der Waals surface area contributed by atoms with Crippen LogP contribution in [-0.4, -0.2) is 19.9 Å². The summed E-state index contributed by atoms with van der Waals surface area (Å²) in [5.41, 5.74) is 8.95. The molecule has 0 saturated carbocycles. The number of hydrogen-bond donors (Lipinski definition) is 0. The molecule has 0 atom stereocenters. The van der Waals surface area contributed by atoms with E-state index in [4.69, 9.17) is 28.8 Å². The predicted octanol–water partition coefficient (Wildman–Crippen LogP) is 11.4. The molecule has 3 heterocycles. The Balaban J connectivity index is 1.06. The van der Waals surface area contributed by atoms with Gasteiger partial charge in [-0.25, -0.2) is 19.9 Å². The highest BCUT2D eigenvalue weighted by Crippen LogP contribution is 2.38. The molecule has 0 amide bonds. The Labute approximate surface area is 286 Å². The topological polar surface area (TPSA) is 77.8 Å². The minimum absolute atomic E-state index is 0.568. The van der Waals surface area contributed by atoms with Crippen LogP contribution in [0, 0.1) is 0 Å². The summed E-state index contributed by atoms with van der Waals surface area (Å²) in [6.45, 7) is 0. The second-order valence-electron chi connectivity index (χ2n) is 12.3. The van der Waals surface area contributed by atoms with E-state index in [0.29, 0.717) is 23.4 Å². The number of furan rings is 1. The van der Waals surface area contributed by atoms with Gasteiger partial charge in [0.25, 0.3) is 0 Å². The maximum Gasteiger partial charge on any atom is 0.227 e. The zero-order valence-corrected chi connectivity index (χ0v) is 26.6. The number of aromatic nitrogens is 4. The van der Waals surface area contributed by atoms with E-state index >= 15 is 0 Å². The van der Waals surface area contributed by atoms with E-state index in [1.807, 2.05) is 97.1 Å². The smallest absolute Gasteiger partial charge is 0.227 e. The summed E-state index contributed by atoms with van der Waals surface area (Å²) in [5.74, 6) is 2.46. The lowest BCUT2D eigenvalue weighted by Gasteiger charge is -2.10. The molecule has 0 fully saturated rings. The highest BCUT2D eigenvalue weighted by molar-refractivity contribution is 6.09. The zero-order chi connectivity index (χ0) is 33.0. The Morgan fingerprint density at radius 3 is 1.62 bits per heavy atom. The monoisotopic (exact) mass is 642 g/mol. The Bertz CT molecular complexity index is 2800. The van der Waals surface area contributed by atoms with E-state index < -0.39 is 0 Å². The number of para-hydroxylation sites is 1. The van der Waals surface area contributed by atoms with Crippen LogP contribution in [0.4, 0.5) is 0 Å². The summed E-state index contributed by atoms with van der Waals surface area (Å²) in [6.07, 6.45) is 0. The second-order valence-corrected chi connectivity index (χ2v) is 12.3. The Kier molecular flexibility index (Phi) is 6.39. The molecule has 0 radical (unpaired) electrons. The molecule has 0 unspecified atom stereocenters. The largest absolute Gasteiger partial charge is 0.456 e. The molecule has 0 aliphatic heterocycles. The third-order valence-corrected chi connectivity index (χ3v) is 9.15. The van der Waals surface area contributed by atoms with E-state index in [2.05, 4.69) is 60.7 Å². The minimum atomic E-state index is 0.568. The molecule has 0 aliphatic rings. The molecular weight excluding hydrogens is 617 g/mol. The van der Waals surface area contributed by atoms with Crippen molar-refractivity contribution in [3.05, 3.63) is 158 Å². The number of benzene rings is 7.